The van der Waals surface area contributed by atoms with Gasteiger partial charge in [0, 0.05) is 0 Å². The fourth-order valence-corrected chi connectivity index (χ4v) is 2.49. The zero-order valence-electron chi connectivity index (χ0n) is 11.6. The molecule has 2 unspecified atom stereocenters. The van der Waals surface area contributed by atoms with Crippen LogP contribution in [-0.2, 0) is 14.4 Å². The van der Waals surface area contributed by atoms with E-state index in [0.717, 1.165) is 0 Å². The number of aliphatic hydroxyl groups is 4. The summed E-state index contributed by atoms with van der Waals surface area (Å²) in [5.41, 5.74) is -3.35. The van der Waals surface area contributed by atoms with Crippen LogP contribution in [0, 0.1) is 5.92 Å². The molecule has 0 saturated carbocycles. The molecule has 0 aromatic heterocycles. The summed E-state index contributed by atoms with van der Waals surface area (Å²) in [5, 5.41) is 40.2. The summed E-state index contributed by atoms with van der Waals surface area (Å²) < 4.78 is 32.4. The topological polar surface area (TPSA) is 144 Å². The molecule has 0 bridgehead atoms. The van der Waals surface area contributed by atoms with Crippen LogP contribution in [0.15, 0.2) is 0 Å². The van der Waals surface area contributed by atoms with Gasteiger partial charge in [0.1, 0.15) is 0 Å². The van der Waals surface area contributed by atoms with Gasteiger partial charge in [-0.1, -0.05) is 0 Å². The van der Waals surface area contributed by atoms with E-state index in [-0.39, 0.29) is 5.92 Å². The van der Waals surface area contributed by atoms with E-state index in [1.807, 2.05) is 13.8 Å². The molecular weight excluding hydrogens is 289 g/mol. The van der Waals surface area contributed by atoms with E-state index in [1.165, 1.54) is 0 Å². The van der Waals surface area contributed by atoms with Crippen LogP contribution >= 0.6 is 0 Å². The van der Waals surface area contributed by atoms with Gasteiger partial charge in [-0.05, 0) is 0 Å². The third kappa shape index (κ3) is 5.54. The Bertz CT molecular complexity index is 396. The number of hydrogen-bond donors (Lipinski definition) is 5. The second kappa shape index (κ2) is 8.15. The third-order valence-electron chi connectivity index (χ3n) is 2.89. The summed E-state index contributed by atoms with van der Waals surface area (Å²) in [6, 6.07) is 0. The molecule has 0 spiro atoms. The van der Waals surface area contributed by atoms with Crippen LogP contribution in [0.2, 0.25) is 0 Å². The van der Waals surface area contributed by atoms with Crippen molar-refractivity contribution < 1.29 is 33.5 Å². The average Bonchev–Trinajstić information content (AvgIpc) is 2.41. The summed E-state index contributed by atoms with van der Waals surface area (Å²) in [5.74, 6) is 0.127. The van der Waals surface area contributed by atoms with Gasteiger partial charge in [0.2, 0.25) is 0 Å². The molecule has 20 heavy (non-hydrogen) atoms. The summed E-state index contributed by atoms with van der Waals surface area (Å²) in [4.78, 5) is 0. The first-order valence-electron chi connectivity index (χ1n) is 6.16. The molecular formula is C10H22BNO7S. The molecule has 10 heteroatoms. The quantitative estimate of drug-likeness (QED) is 0.276. The SMILES string of the molecule is CC(C)CC(CO)(CO)NCC(O)C(O)S(=O)(=O)B=O. The van der Waals surface area contributed by atoms with Crippen molar-refractivity contribution >= 4 is 16.1 Å². The van der Waals surface area contributed by atoms with Crippen LogP contribution in [0.3, 0.4) is 0 Å². The standard InChI is InChI=1S/C10H22BNO7S/c1-7(2)3-10(5-13,6-14)12-4-8(15)9(16)20(18,19)11-17/h7-9,12-16H,3-6H2,1-2H3. The molecule has 0 fully saturated rings. The Balaban J connectivity index is 4.75. The molecule has 0 saturated heterocycles. The number of β-amino-alcohol motifs (C(OH)–C–C–N with tert-alkyl or cyclic N) is 1. The fourth-order valence-electron chi connectivity index (χ4n) is 1.84. The number of nitrogens with one attached hydrogen (secondary N) is 1. The second-order valence-corrected chi connectivity index (χ2v) is 7.07. The first kappa shape index (κ1) is 19.6. The van der Waals surface area contributed by atoms with Crippen LogP contribution in [0.4, 0.5) is 0 Å². The van der Waals surface area contributed by atoms with E-state index < -0.39 is 53.0 Å². The molecule has 0 aromatic carbocycles. The van der Waals surface area contributed by atoms with Gasteiger partial charge in [0.15, 0.2) is 0 Å². The first-order chi connectivity index (χ1) is 9.14. The van der Waals surface area contributed by atoms with Gasteiger partial charge in [0.05, 0.1) is 0 Å². The monoisotopic (exact) mass is 311 g/mol. The van der Waals surface area contributed by atoms with Crippen LogP contribution in [-0.4, -0.2) is 72.1 Å². The van der Waals surface area contributed by atoms with E-state index in [9.17, 15) is 33.5 Å². The number of aliphatic hydroxyl groups excluding tert-OH is 4. The summed E-state index contributed by atoms with van der Waals surface area (Å²) >= 11 is 0. The van der Waals surface area contributed by atoms with Crippen molar-refractivity contribution in [2.75, 3.05) is 19.8 Å². The molecule has 0 aliphatic carbocycles. The normalized spacial score (nSPS) is 15.9. The molecule has 118 valence electrons. The second-order valence-electron chi connectivity index (χ2n) is 5.22. The molecule has 0 aliphatic heterocycles. The van der Waals surface area contributed by atoms with Crippen LogP contribution in [0.5, 0.6) is 0 Å². The molecule has 2 atom stereocenters. The molecule has 0 rings (SSSR count). The van der Waals surface area contributed by atoms with Crippen molar-refractivity contribution in [3.8, 4) is 0 Å². The predicted molar refractivity (Wildman–Crippen MR) is 71.7 cm³/mol. The van der Waals surface area contributed by atoms with E-state index in [0.29, 0.717) is 6.42 Å². The summed E-state index contributed by atoms with van der Waals surface area (Å²) in [7, 11) is -4.44. The van der Waals surface area contributed by atoms with Gasteiger partial charge in [0.25, 0.3) is 0 Å². The molecule has 0 amide bonds. The van der Waals surface area contributed by atoms with Crippen molar-refractivity contribution in [2.24, 2.45) is 5.92 Å². The van der Waals surface area contributed by atoms with Crippen molar-refractivity contribution in [3.63, 3.8) is 0 Å². The predicted octanol–water partition coefficient (Wildman–Crippen LogP) is -2.60. The van der Waals surface area contributed by atoms with Crippen molar-refractivity contribution in [1.82, 2.24) is 5.32 Å². The Morgan fingerprint density at radius 3 is 2.05 bits per heavy atom. The van der Waals surface area contributed by atoms with Gasteiger partial charge < -0.3 is 0 Å². The summed E-state index contributed by atoms with van der Waals surface area (Å²) in [6.45, 7) is 2.48. The Morgan fingerprint density at radius 2 is 1.70 bits per heavy atom. The van der Waals surface area contributed by atoms with Crippen LogP contribution < -0.4 is 5.32 Å². The maximum absolute atomic E-state index is 11.1. The average molecular weight is 311 g/mol. The molecule has 0 heterocycles. The third-order valence-corrected chi connectivity index (χ3v) is 4.15. The zero-order valence-corrected chi connectivity index (χ0v) is 12.4. The van der Waals surface area contributed by atoms with Gasteiger partial charge >= 0.3 is 118 Å². The number of rotatable bonds is 10. The molecule has 0 aliphatic rings. The van der Waals surface area contributed by atoms with Gasteiger partial charge in [-0.3, -0.25) is 0 Å². The zero-order chi connectivity index (χ0) is 16.0. The van der Waals surface area contributed by atoms with E-state index >= 15 is 0 Å². The van der Waals surface area contributed by atoms with Gasteiger partial charge in [-0.2, -0.15) is 0 Å². The summed E-state index contributed by atoms with van der Waals surface area (Å²) in [6.07, 6.45) is -1.81. The van der Waals surface area contributed by atoms with Gasteiger partial charge in [-0.15, -0.1) is 0 Å². The minimum atomic E-state index is -4.44. The van der Waals surface area contributed by atoms with Crippen molar-refractivity contribution in [3.05, 3.63) is 0 Å². The molecule has 0 radical (unpaired) electrons. The van der Waals surface area contributed by atoms with Crippen LogP contribution in [0.25, 0.3) is 0 Å². The Kier molecular flexibility index (Phi) is 8.00. The number of hydrogen-bond acceptors (Lipinski definition) is 8. The maximum atomic E-state index is 11.1. The van der Waals surface area contributed by atoms with E-state index in [1.54, 1.807) is 0 Å². The fraction of sp³-hybridized carbons (Fsp3) is 1.00. The Labute approximate surface area is 118 Å². The Hall–Kier alpha value is -0.385. The van der Waals surface area contributed by atoms with Gasteiger partial charge in [-0.25, -0.2) is 0 Å². The first-order valence-corrected chi connectivity index (χ1v) is 7.77. The van der Waals surface area contributed by atoms with Crippen molar-refractivity contribution in [1.29, 1.82) is 0 Å². The van der Waals surface area contributed by atoms with Crippen molar-refractivity contribution in [2.45, 2.75) is 37.3 Å². The van der Waals surface area contributed by atoms with E-state index in [4.69, 9.17) is 0 Å². The van der Waals surface area contributed by atoms with E-state index in [2.05, 4.69) is 5.32 Å². The molecule has 8 nitrogen and oxygen atoms in total. The molecule has 5 N–H and O–H groups in total. The Morgan fingerprint density at radius 1 is 1.20 bits per heavy atom. The van der Waals surface area contributed by atoms with Crippen LogP contribution in [0.1, 0.15) is 20.3 Å². The minimum absolute atomic E-state index is 0.127. The molecule has 0 aromatic rings.